The largest absolute Gasteiger partial charge is 0.416 e. The van der Waals surface area contributed by atoms with Crippen LogP contribution in [0.15, 0.2) is 55.0 Å². The van der Waals surface area contributed by atoms with Crippen molar-refractivity contribution in [1.82, 2.24) is 19.7 Å². The molecule has 10 heteroatoms. The number of carbonyl (C=O) groups is 1. The van der Waals surface area contributed by atoms with Crippen LogP contribution in [0.3, 0.4) is 0 Å². The quantitative estimate of drug-likeness (QED) is 0.483. The maximum absolute atomic E-state index is 13.1. The number of nitriles is 1. The molecule has 3 heterocycles. The fourth-order valence-electron chi connectivity index (χ4n) is 3.43. The predicted octanol–water partition coefficient (Wildman–Crippen LogP) is 3.66. The van der Waals surface area contributed by atoms with E-state index in [1.165, 1.54) is 23.0 Å². The van der Waals surface area contributed by atoms with E-state index >= 15 is 0 Å². The van der Waals surface area contributed by atoms with Gasteiger partial charge >= 0.3 is 6.18 Å². The van der Waals surface area contributed by atoms with Crippen molar-refractivity contribution in [3.63, 3.8) is 0 Å². The van der Waals surface area contributed by atoms with Gasteiger partial charge in [-0.2, -0.15) is 23.5 Å². The van der Waals surface area contributed by atoms with Gasteiger partial charge in [0.1, 0.15) is 5.69 Å². The number of hydrogen-bond donors (Lipinski definition) is 0. The van der Waals surface area contributed by atoms with Crippen LogP contribution in [0.5, 0.6) is 0 Å². The lowest BCUT2D eigenvalue weighted by atomic mass is 9.91. The maximum Gasteiger partial charge on any atom is 0.416 e. The van der Waals surface area contributed by atoms with Crippen LogP contribution in [0, 0.1) is 11.3 Å². The van der Waals surface area contributed by atoms with Gasteiger partial charge in [0.25, 0.3) is 5.91 Å². The Balaban J connectivity index is 1.78. The Labute approximate surface area is 167 Å². The molecule has 152 valence electrons. The molecule has 0 aliphatic carbocycles. The lowest BCUT2D eigenvalue weighted by Gasteiger charge is -2.44. The molecule has 0 radical (unpaired) electrons. The smallest absolute Gasteiger partial charge is 0.329 e. The van der Waals surface area contributed by atoms with Crippen molar-refractivity contribution >= 4 is 16.9 Å². The molecule has 0 bridgehead atoms. The maximum atomic E-state index is 13.1. The Hall–Kier alpha value is -3.74. The summed E-state index contributed by atoms with van der Waals surface area (Å²) < 4.78 is 53.1. The number of carbonyl (C=O) groups excluding carboxylic acids is 1. The van der Waals surface area contributed by atoms with Gasteiger partial charge in [-0.05, 0) is 24.3 Å². The Morgan fingerprint density at radius 2 is 1.87 bits per heavy atom. The fraction of sp³-hybridized carbons (Fsp3) is 0.200. The van der Waals surface area contributed by atoms with Crippen LogP contribution in [0.25, 0.3) is 22.3 Å². The van der Waals surface area contributed by atoms with Crippen LogP contribution >= 0.6 is 0 Å². The minimum atomic E-state index is -4.46. The normalized spacial score (nSPS) is 15.5. The van der Waals surface area contributed by atoms with E-state index in [2.05, 4.69) is 22.7 Å². The zero-order valence-corrected chi connectivity index (χ0v) is 15.3. The number of benzene rings is 1. The predicted molar refractivity (Wildman–Crippen MR) is 98.4 cm³/mol. The molecular weight excluding hydrogens is 402 g/mol. The van der Waals surface area contributed by atoms with Gasteiger partial charge in [0.05, 0.1) is 24.7 Å². The second-order valence-corrected chi connectivity index (χ2v) is 6.92. The molecule has 3 aromatic rings. The van der Waals surface area contributed by atoms with Crippen molar-refractivity contribution in [3.05, 3.63) is 60.6 Å². The van der Waals surface area contributed by atoms with Gasteiger partial charge in [-0.3, -0.25) is 4.79 Å². The van der Waals surface area contributed by atoms with Gasteiger partial charge in [-0.15, -0.1) is 0 Å². The molecule has 30 heavy (non-hydrogen) atoms. The van der Waals surface area contributed by atoms with E-state index in [4.69, 9.17) is 0 Å². The number of nitrogens with zero attached hydrogens (tertiary/aromatic N) is 5. The van der Waals surface area contributed by atoms with Crippen LogP contribution in [0.2, 0.25) is 0 Å². The number of aromatic nitrogens is 3. The Bertz CT molecular complexity index is 1200. The van der Waals surface area contributed by atoms with Crippen LogP contribution in [-0.4, -0.2) is 38.7 Å². The summed E-state index contributed by atoms with van der Waals surface area (Å²) in [6, 6.07) is 9.94. The van der Waals surface area contributed by atoms with Gasteiger partial charge in [-0.1, -0.05) is 18.7 Å². The molecule has 1 fully saturated rings. The van der Waals surface area contributed by atoms with Crippen molar-refractivity contribution in [1.29, 1.82) is 5.26 Å². The number of fused-ring (bicyclic) bond motifs is 1. The molecule has 1 aliphatic heterocycles. The zero-order chi connectivity index (χ0) is 21.7. The number of hydrogen-bond acceptors (Lipinski definition) is 4. The molecule has 1 aliphatic rings. The summed E-state index contributed by atoms with van der Waals surface area (Å²) in [5, 5.41) is 14.8. The van der Waals surface area contributed by atoms with Crippen molar-refractivity contribution in [2.75, 3.05) is 13.1 Å². The lowest BCUT2D eigenvalue weighted by Crippen LogP contribution is -2.64. The van der Waals surface area contributed by atoms with E-state index in [0.29, 0.717) is 22.3 Å². The highest BCUT2D eigenvalue weighted by Crippen LogP contribution is 2.36. The summed E-state index contributed by atoms with van der Waals surface area (Å²) in [5.41, 5.74) is -0.971. The molecule has 1 saturated heterocycles. The third-order valence-corrected chi connectivity index (χ3v) is 4.97. The number of halogens is 4. The molecular formula is C20H13F4N5O. The summed E-state index contributed by atoms with van der Waals surface area (Å²) in [6.07, 6.45) is -2.97. The molecule has 1 amide bonds. The Morgan fingerprint density at radius 1 is 1.20 bits per heavy atom. The van der Waals surface area contributed by atoms with Gasteiger partial charge in [-0.25, -0.2) is 14.1 Å². The molecule has 2 aromatic heterocycles. The zero-order valence-electron chi connectivity index (χ0n) is 15.3. The second-order valence-electron chi connectivity index (χ2n) is 6.92. The fourth-order valence-corrected chi connectivity index (χ4v) is 3.43. The minimum Gasteiger partial charge on any atom is -0.329 e. The second kappa shape index (κ2) is 6.66. The van der Waals surface area contributed by atoms with Gasteiger partial charge < -0.3 is 4.90 Å². The molecule has 4 rings (SSSR count). The summed E-state index contributed by atoms with van der Waals surface area (Å²) in [6.45, 7) is 2.73. The number of alkyl halides is 3. The summed E-state index contributed by atoms with van der Waals surface area (Å²) in [5.74, 6) is -2.04. The van der Waals surface area contributed by atoms with Crippen LogP contribution in [0.1, 0.15) is 5.56 Å². The molecule has 0 N–H and O–H groups in total. The minimum absolute atomic E-state index is 0.120. The van der Waals surface area contributed by atoms with E-state index in [9.17, 15) is 27.6 Å². The van der Waals surface area contributed by atoms with Crippen molar-refractivity contribution in [2.24, 2.45) is 0 Å². The van der Waals surface area contributed by atoms with Gasteiger partial charge in [0.15, 0.2) is 17.0 Å². The first-order valence-corrected chi connectivity index (χ1v) is 8.73. The lowest BCUT2D eigenvalue weighted by molar-refractivity contribution is -0.138. The number of likely N-dealkylation sites (tertiary alicyclic amines) is 1. The first kappa shape index (κ1) is 19.6. The standard InChI is InChI=1S/C20H13F4N5O/c1-12(21)18(30)28-10-19(9-25,11-28)29-17-15(3-2-8-26-17)16(27-29)13-4-6-14(7-5-13)20(22,23)24/h2-8H,1,10-11H2. The topological polar surface area (TPSA) is 74.8 Å². The summed E-state index contributed by atoms with van der Waals surface area (Å²) >= 11 is 0. The van der Waals surface area contributed by atoms with Crippen LogP contribution in [0.4, 0.5) is 17.6 Å². The van der Waals surface area contributed by atoms with Crippen molar-refractivity contribution < 1.29 is 22.4 Å². The first-order valence-electron chi connectivity index (χ1n) is 8.73. The Kier molecular flexibility index (Phi) is 4.34. The van der Waals surface area contributed by atoms with Gasteiger partial charge in [0.2, 0.25) is 0 Å². The van der Waals surface area contributed by atoms with E-state index in [1.807, 2.05) is 0 Å². The van der Waals surface area contributed by atoms with E-state index < -0.39 is 29.0 Å². The summed E-state index contributed by atoms with van der Waals surface area (Å²) in [7, 11) is 0. The van der Waals surface area contributed by atoms with Gasteiger partial charge in [0, 0.05) is 17.1 Å². The average Bonchev–Trinajstić information content (AvgIpc) is 3.07. The number of amides is 1. The SMILES string of the molecule is C=C(F)C(=O)N1CC(C#N)(n2nc(-c3ccc(C(F)(F)F)cc3)c3cccnc32)C1. The van der Waals surface area contributed by atoms with E-state index in [0.717, 1.165) is 17.0 Å². The van der Waals surface area contributed by atoms with Crippen LogP contribution in [-0.2, 0) is 16.5 Å². The third-order valence-electron chi connectivity index (χ3n) is 4.97. The molecule has 1 aromatic carbocycles. The summed E-state index contributed by atoms with van der Waals surface area (Å²) in [4.78, 5) is 17.2. The highest BCUT2D eigenvalue weighted by Gasteiger charge is 2.50. The average molecular weight is 415 g/mol. The highest BCUT2D eigenvalue weighted by atomic mass is 19.4. The molecule has 0 unspecified atom stereocenters. The monoisotopic (exact) mass is 415 g/mol. The van der Waals surface area contributed by atoms with Crippen molar-refractivity contribution in [2.45, 2.75) is 11.7 Å². The number of pyridine rings is 1. The molecule has 0 spiro atoms. The molecule has 6 nitrogen and oxygen atoms in total. The molecule has 0 atom stereocenters. The highest BCUT2D eigenvalue weighted by molar-refractivity contribution is 5.93. The van der Waals surface area contributed by atoms with Crippen LogP contribution < -0.4 is 0 Å². The van der Waals surface area contributed by atoms with E-state index in [1.54, 1.807) is 12.1 Å². The Morgan fingerprint density at radius 3 is 2.43 bits per heavy atom. The van der Waals surface area contributed by atoms with E-state index in [-0.39, 0.29) is 13.1 Å². The molecule has 0 saturated carbocycles. The number of rotatable bonds is 3. The third kappa shape index (κ3) is 2.99. The van der Waals surface area contributed by atoms with Crippen molar-refractivity contribution in [3.8, 4) is 17.3 Å². The first-order chi connectivity index (χ1) is 14.2.